The van der Waals surface area contributed by atoms with Crippen LogP contribution in [0.5, 0.6) is 0 Å². The topological polar surface area (TPSA) is 66.4 Å². The second kappa shape index (κ2) is 7.62. The van der Waals surface area contributed by atoms with Crippen molar-refractivity contribution < 1.29 is 14.7 Å². The predicted octanol–water partition coefficient (Wildman–Crippen LogP) is 4.62. The molecule has 1 amide bonds. The minimum atomic E-state index is -1.07. The van der Waals surface area contributed by atoms with E-state index in [0.29, 0.717) is 17.1 Å². The quantitative estimate of drug-likeness (QED) is 0.775. The molecule has 0 aromatic heterocycles. The van der Waals surface area contributed by atoms with Gasteiger partial charge in [0, 0.05) is 10.4 Å². The fourth-order valence-corrected chi connectivity index (χ4v) is 2.51. The molecule has 0 fully saturated rings. The number of halogens is 2. The number of anilines is 1. The Labute approximate surface area is 147 Å². The fourth-order valence-electron chi connectivity index (χ4n) is 2.08. The molecule has 2 N–H and O–H groups in total. The molecule has 23 heavy (non-hydrogen) atoms. The average Bonchev–Trinajstić information content (AvgIpc) is 2.51. The highest BCUT2D eigenvalue weighted by Gasteiger charge is 2.16. The van der Waals surface area contributed by atoms with Gasteiger partial charge in [0.1, 0.15) is 0 Å². The second-order valence-electron chi connectivity index (χ2n) is 5.22. The molecule has 0 spiro atoms. The third-order valence-electron chi connectivity index (χ3n) is 3.37. The number of amides is 1. The van der Waals surface area contributed by atoms with Gasteiger partial charge in [-0.2, -0.15) is 0 Å². The van der Waals surface area contributed by atoms with Crippen LogP contribution in [0.2, 0.25) is 5.02 Å². The van der Waals surface area contributed by atoms with Crippen molar-refractivity contribution in [1.82, 2.24) is 0 Å². The van der Waals surface area contributed by atoms with Gasteiger partial charge in [0.2, 0.25) is 5.91 Å². The van der Waals surface area contributed by atoms with Crippen molar-refractivity contribution in [2.45, 2.75) is 13.3 Å². The highest BCUT2D eigenvalue weighted by molar-refractivity contribution is 9.10. The minimum absolute atomic E-state index is 0.0743. The van der Waals surface area contributed by atoms with E-state index in [4.69, 9.17) is 16.7 Å². The highest BCUT2D eigenvalue weighted by Crippen LogP contribution is 2.24. The summed E-state index contributed by atoms with van der Waals surface area (Å²) in [6, 6.07) is 12.0. The summed E-state index contributed by atoms with van der Waals surface area (Å²) in [5.41, 5.74) is 1.42. The van der Waals surface area contributed by atoms with E-state index < -0.39 is 5.97 Å². The van der Waals surface area contributed by atoms with Gasteiger partial charge >= 0.3 is 5.97 Å². The molecule has 0 radical (unpaired) electrons. The summed E-state index contributed by atoms with van der Waals surface area (Å²) >= 11 is 9.38. The Kier molecular flexibility index (Phi) is 5.80. The molecule has 120 valence electrons. The summed E-state index contributed by atoms with van der Waals surface area (Å²) in [4.78, 5) is 23.3. The van der Waals surface area contributed by atoms with Crippen LogP contribution >= 0.6 is 27.5 Å². The maximum atomic E-state index is 12.3. The van der Waals surface area contributed by atoms with Gasteiger partial charge in [0.25, 0.3) is 0 Å². The lowest BCUT2D eigenvalue weighted by Gasteiger charge is -2.14. The summed E-state index contributed by atoms with van der Waals surface area (Å²) < 4.78 is 0.982. The van der Waals surface area contributed by atoms with Crippen molar-refractivity contribution in [3.63, 3.8) is 0 Å². The third-order valence-corrected chi connectivity index (χ3v) is 4.23. The number of carboxylic acid groups (broad SMARTS) is 1. The van der Waals surface area contributed by atoms with Crippen LogP contribution in [0.25, 0.3) is 0 Å². The number of nitrogens with one attached hydrogen (secondary N) is 1. The van der Waals surface area contributed by atoms with Gasteiger partial charge in [-0.3, -0.25) is 4.79 Å². The summed E-state index contributed by atoms with van der Waals surface area (Å²) in [5.74, 6) is -1.56. The monoisotopic (exact) mass is 395 g/mol. The van der Waals surface area contributed by atoms with E-state index in [9.17, 15) is 9.59 Å². The van der Waals surface area contributed by atoms with Gasteiger partial charge in [-0.05, 0) is 42.3 Å². The normalized spacial score (nSPS) is 11.8. The molecule has 2 rings (SSSR count). The summed E-state index contributed by atoms with van der Waals surface area (Å²) in [7, 11) is 0. The molecular formula is C17H15BrClNO3. The average molecular weight is 397 g/mol. The van der Waals surface area contributed by atoms with Crippen LogP contribution in [-0.4, -0.2) is 17.0 Å². The Balaban J connectivity index is 2.07. The molecule has 1 unspecified atom stereocenters. The maximum absolute atomic E-state index is 12.3. The molecule has 0 saturated carbocycles. The molecule has 0 saturated heterocycles. The van der Waals surface area contributed by atoms with Gasteiger partial charge in [-0.15, -0.1) is 0 Å². The number of aromatic carboxylic acids is 1. The summed E-state index contributed by atoms with van der Waals surface area (Å²) in [6.45, 7) is 1.81. The van der Waals surface area contributed by atoms with Crippen LogP contribution in [0.1, 0.15) is 22.8 Å². The lowest BCUT2D eigenvalue weighted by Crippen LogP contribution is -2.22. The third kappa shape index (κ3) is 4.81. The first-order valence-corrected chi connectivity index (χ1v) is 8.12. The van der Waals surface area contributed by atoms with E-state index >= 15 is 0 Å². The number of rotatable bonds is 5. The van der Waals surface area contributed by atoms with Crippen LogP contribution in [0.3, 0.4) is 0 Å². The standard InChI is InChI=1S/C17H15BrClNO3/c1-10(8-11-2-5-13(18)6-3-11)16(21)20-15-9-12(17(22)23)4-7-14(15)19/h2-7,9-10H,8H2,1H3,(H,20,21)(H,22,23). The van der Waals surface area contributed by atoms with Crippen molar-refractivity contribution in [1.29, 1.82) is 0 Å². The number of carbonyl (C=O) groups is 2. The van der Waals surface area contributed by atoms with Crippen LogP contribution in [-0.2, 0) is 11.2 Å². The molecule has 0 aliphatic heterocycles. The second-order valence-corrected chi connectivity index (χ2v) is 6.54. The summed E-state index contributed by atoms with van der Waals surface area (Å²) in [6.07, 6.45) is 0.579. The smallest absolute Gasteiger partial charge is 0.335 e. The molecule has 4 nitrogen and oxygen atoms in total. The van der Waals surface area contributed by atoms with Crippen LogP contribution in [0.4, 0.5) is 5.69 Å². The van der Waals surface area contributed by atoms with Crippen LogP contribution < -0.4 is 5.32 Å². The first kappa shape index (κ1) is 17.5. The first-order valence-electron chi connectivity index (χ1n) is 6.95. The first-order chi connectivity index (χ1) is 10.9. The van der Waals surface area contributed by atoms with Crippen molar-refractivity contribution in [3.05, 3.63) is 63.1 Å². The van der Waals surface area contributed by atoms with E-state index in [2.05, 4.69) is 21.2 Å². The predicted molar refractivity (Wildman–Crippen MR) is 94.1 cm³/mol. The Bertz CT molecular complexity index is 731. The van der Waals surface area contributed by atoms with Crippen molar-refractivity contribution >= 4 is 45.1 Å². The minimum Gasteiger partial charge on any atom is -0.478 e. The largest absolute Gasteiger partial charge is 0.478 e. The molecule has 6 heteroatoms. The van der Waals surface area contributed by atoms with Gasteiger partial charge in [-0.1, -0.05) is 46.6 Å². The zero-order valence-electron chi connectivity index (χ0n) is 12.3. The number of hydrogen-bond acceptors (Lipinski definition) is 2. The fraction of sp³-hybridized carbons (Fsp3) is 0.176. The Morgan fingerprint density at radius 3 is 2.48 bits per heavy atom. The molecule has 2 aromatic carbocycles. The van der Waals surface area contributed by atoms with Crippen LogP contribution in [0.15, 0.2) is 46.9 Å². The van der Waals surface area contributed by atoms with Crippen LogP contribution in [0, 0.1) is 5.92 Å². The maximum Gasteiger partial charge on any atom is 0.335 e. The Morgan fingerprint density at radius 1 is 1.22 bits per heavy atom. The van der Waals surface area contributed by atoms with Crippen molar-refractivity contribution in [2.24, 2.45) is 5.92 Å². The molecule has 2 aromatic rings. The Hall–Kier alpha value is -1.85. The lowest BCUT2D eigenvalue weighted by atomic mass is 10.0. The van der Waals surface area contributed by atoms with Gasteiger partial charge < -0.3 is 10.4 Å². The van der Waals surface area contributed by atoms with E-state index in [1.165, 1.54) is 18.2 Å². The summed E-state index contributed by atoms with van der Waals surface area (Å²) in [5, 5.41) is 12.0. The van der Waals surface area contributed by atoms with Gasteiger partial charge in [0.15, 0.2) is 0 Å². The number of hydrogen-bond donors (Lipinski definition) is 2. The van der Waals surface area contributed by atoms with E-state index in [1.807, 2.05) is 31.2 Å². The van der Waals surface area contributed by atoms with Gasteiger partial charge in [-0.25, -0.2) is 4.79 Å². The van der Waals surface area contributed by atoms with Crippen molar-refractivity contribution in [3.8, 4) is 0 Å². The molecule has 0 aliphatic rings. The molecule has 0 bridgehead atoms. The molecule has 0 heterocycles. The molecule has 0 aliphatic carbocycles. The number of carboxylic acids is 1. The number of benzene rings is 2. The molecular weight excluding hydrogens is 382 g/mol. The number of carbonyl (C=O) groups excluding carboxylic acids is 1. The van der Waals surface area contributed by atoms with E-state index in [1.54, 1.807) is 0 Å². The van der Waals surface area contributed by atoms with E-state index in [-0.39, 0.29) is 17.4 Å². The van der Waals surface area contributed by atoms with Gasteiger partial charge in [0.05, 0.1) is 16.3 Å². The Morgan fingerprint density at radius 2 is 1.87 bits per heavy atom. The van der Waals surface area contributed by atoms with Crippen molar-refractivity contribution in [2.75, 3.05) is 5.32 Å². The SMILES string of the molecule is CC(Cc1ccc(Br)cc1)C(=O)Nc1cc(C(=O)O)ccc1Cl. The lowest BCUT2D eigenvalue weighted by molar-refractivity contribution is -0.119. The highest BCUT2D eigenvalue weighted by atomic mass is 79.9. The van der Waals surface area contributed by atoms with E-state index in [0.717, 1.165) is 10.0 Å². The zero-order chi connectivity index (χ0) is 17.0. The molecule has 1 atom stereocenters. The zero-order valence-corrected chi connectivity index (χ0v) is 14.7.